The van der Waals surface area contributed by atoms with Crippen molar-refractivity contribution >= 4 is 42.3 Å². The number of guanidine groups is 1. The van der Waals surface area contributed by atoms with Crippen LogP contribution in [-0.4, -0.2) is 65.2 Å². The third kappa shape index (κ3) is 9.71. The molecule has 0 aliphatic carbocycles. The number of nitrogens with two attached hydrogens (primary N) is 1. The Balaban J connectivity index is 4.58. The minimum atomic E-state index is -1.22. The molecule has 0 aromatic heterocycles. The number of carboxylic acid groups (broad SMARTS) is 1. The van der Waals surface area contributed by atoms with Gasteiger partial charge in [-0.1, -0.05) is 0 Å². The highest BCUT2D eigenvalue weighted by Gasteiger charge is 2.26. The van der Waals surface area contributed by atoms with Crippen LogP contribution < -0.4 is 27.0 Å². The van der Waals surface area contributed by atoms with Crippen molar-refractivity contribution in [1.82, 2.24) is 21.3 Å². The predicted octanol–water partition coefficient (Wildman–Crippen LogP) is -2.24. The monoisotopic (exact) mass is 390 g/mol. The maximum atomic E-state index is 12.1. The molecule has 0 rings (SSSR count). The Morgan fingerprint density at radius 3 is 2.19 bits per heavy atom. The molecule has 0 saturated carbocycles. The van der Waals surface area contributed by atoms with Gasteiger partial charge in [-0.05, 0) is 19.8 Å². The summed E-state index contributed by atoms with van der Waals surface area (Å²) in [5, 5.41) is 25.8. The summed E-state index contributed by atoms with van der Waals surface area (Å²) in [6.45, 7) is 2.94. The van der Waals surface area contributed by atoms with E-state index in [9.17, 15) is 24.3 Å². The fourth-order valence-corrected chi connectivity index (χ4v) is 2.16. The average Bonchev–Trinajstić information content (AvgIpc) is 2.54. The lowest BCUT2D eigenvalue weighted by Gasteiger charge is -2.21. The van der Waals surface area contributed by atoms with Gasteiger partial charge in [0.05, 0.1) is 0 Å². The molecule has 0 fully saturated rings. The number of aliphatic carboxylic acids is 1. The van der Waals surface area contributed by atoms with Crippen molar-refractivity contribution in [1.29, 1.82) is 5.41 Å². The molecule has 148 valence electrons. The minimum Gasteiger partial charge on any atom is -0.480 e. The van der Waals surface area contributed by atoms with Gasteiger partial charge in [-0.3, -0.25) is 19.8 Å². The number of hydrogen-bond acceptors (Lipinski definition) is 6. The summed E-state index contributed by atoms with van der Waals surface area (Å²) in [6, 6.07) is -3.05. The van der Waals surface area contributed by atoms with E-state index in [-0.39, 0.29) is 18.1 Å². The number of carbonyl (C=O) groups is 4. The Bertz CT molecular complexity index is 544. The first-order valence-corrected chi connectivity index (χ1v) is 8.51. The number of hydrogen-bond donors (Lipinski definition) is 8. The Kier molecular flexibility index (Phi) is 10.8. The molecule has 0 radical (unpaired) electrons. The molecule has 0 unspecified atom stereocenters. The minimum absolute atomic E-state index is 0.0423. The lowest BCUT2D eigenvalue weighted by Crippen LogP contribution is -2.55. The lowest BCUT2D eigenvalue weighted by atomic mass is 10.1. The summed E-state index contributed by atoms with van der Waals surface area (Å²) < 4.78 is 0. The van der Waals surface area contributed by atoms with Crippen molar-refractivity contribution in [2.75, 3.05) is 12.3 Å². The van der Waals surface area contributed by atoms with Gasteiger partial charge in [0.1, 0.15) is 18.1 Å². The van der Waals surface area contributed by atoms with Crippen LogP contribution in [0.1, 0.15) is 26.7 Å². The number of amides is 3. The van der Waals surface area contributed by atoms with E-state index in [1.54, 1.807) is 0 Å². The first-order valence-electron chi connectivity index (χ1n) is 7.87. The molecule has 0 aromatic carbocycles. The summed E-state index contributed by atoms with van der Waals surface area (Å²) in [4.78, 5) is 46.4. The molecule has 11 nitrogen and oxygen atoms in total. The van der Waals surface area contributed by atoms with Crippen LogP contribution in [0.25, 0.3) is 0 Å². The zero-order valence-electron chi connectivity index (χ0n) is 14.7. The van der Waals surface area contributed by atoms with Crippen molar-refractivity contribution in [3.63, 3.8) is 0 Å². The molecular weight excluding hydrogens is 364 g/mol. The van der Waals surface area contributed by atoms with E-state index >= 15 is 0 Å². The summed E-state index contributed by atoms with van der Waals surface area (Å²) in [5.74, 6) is -3.09. The summed E-state index contributed by atoms with van der Waals surface area (Å²) in [5.41, 5.74) is 5.12. The molecule has 0 aliphatic rings. The molecule has 8 N–H and O–H groups in total. The molecule has 3 amide bonds. The van der Waals surface area contributed by atoms with Crippen LogP contribution in [0.4, 0.5) is 0 Å². The van der Waals surface area contributed by atoms with Gasteiger partial charge in [0.25, 0.3) is 0 Å². The smallest absolute Gasteiger partial charge is 0.326 e. The van der Waals surface area contributed by atoms with E-state index < -0.39 is 41.8 Å². The van der Waals surface area contributed by atoms with E-state index in [1.165, 1.54) is 13.8 Å². The molecule has 3 atom stereocenters. The standard InChI is InChI=1S/C14H26N6O5S/c1-7(18-12(23)10(6-26)19-8(2)21)11(22)20-9(13(24)25)4-3-5-17-14(15)16/h7,9-10,26H,3-6H2,1-2H3,(H,18,23)(H,19,21)(H,20,22)(H,24,25)(H4,15,16,17)/t7-,9-,10-/m1/s1. The van der Waals surface area contributed by atoms with E-state index in [0.717, 1.165) is 0 Å². The van der Waals surface area contributed by atoms with Gasteiger partial charge in [-0.15, -0.1) is 0 Å². The second-order valence-corrected chi connectivity index (χ2v) is 5.91. The highest BCUT2D eigenvalue weighted by Crippen LogP contribution is 1.99. The van der Waals surface area contributed by atoms with Crippen molar-refractivity contribution in [2.24, 2.45) is 5.73 Å². The maximum Gasteiger partial charge on any atom is 0.326 e. The van der Waals surface area contributed by atoms with Crippen LogP contribution in [0.15, 0.2) is 0 Å². The molecule has 0 heterocycles. The topological polar surface area (TPSA) is 186 Å². The summed E-state index contributed by atoms with van der Waals surface area (Å²) in [7, 11) is 0. The van der Waals surface area contributed by atoms with E-state index in [1.807, 2.05) is 0 Å². The van der Waals surface area contributed by atoms with Crippen LogP contribution in [0.2, 0.25) is 0 Å². The molecule has 0 aliphatic heterocycles. The van der Waals surface area contributed by atoms with Crippen LogP contribution >= 0.6 is 12.6 Å². The third-order valence-electron chi connectivity index (χ3n) is 3.23. The van der Waals surface area contributed by atoms with Gasteiger partial charge in [0, 0.05) is 19.2 Å². The maximum absolute atomic E-state index is 12.1. The molecule has 0 bridgehead atoms. The van der Waals surface area contributed by atoms with Gasteiger partial charge in [-0.2, -0.15) is 12.6 Å². The molecular formula is C14H26N6O5S. The number of thiol groups is 1. The summed E-state index contributed by atoms with van der Waals surface area (Å²) in [6.07, 6.45) is 0.481. The predicted molar refractivity (Wildman–Crippen MR) is 97.8 cm³/mol. The lowest BCUT2D eigenvalue weighted by molar-refractivity contribution is -0.142. The molecule has 0 saturated heterocycles. The summed E-state index contributed by atoms with van der Waals surface area (Å²) >= 11 is 3.96. The van der Waals surface area contributed by atoms with Crippen molar-refractivity contribution in [2.45, 2.75) is 44.8 Å². The highest BCUT2D eigenvalue weighted by atomic mass is 32.1. The molecule has 12 heteroatoms. The van der Waals surface area contributed by atoms with Crippen LogP contribution in [0, 0.1) is 5.41 Å². The third-order valence-corrected chi connectivity index (χ3v) is 3.59. The average molecular weight is 390 g/mol. The second-order valence-electron chi connectivity index (χ2n) is 5.55. The first kappa shape index (κ1) is 23.5. The van der Waals surface area contributed by atoms with E-state index in [4.69, 9.17) is 11.1 Å². The number of carboxylic acids is 1. The Labute approximate surface area is 156 Å². The fourth-order valence-electron chi connectivity index (χ4n) is 1.90. The van der Waals surface area contributed by atoms with E-state index in [0.29, 0.717) is 13.0 Å². The Morgan fingerprint density at radius 1 is 1.12 bits per heavy atom. The second kappa shape index (κ2) is 12.0. The fraction of sp³-hybridized carbons (Fsp3) is 0.643. The van der Waals surface area contributed by atoms with Gasteiger partial charge in [-0.25, -0.2) is 4.79 Å². The number of carbonyl (C=O) groups excluding carboxylic acids is 3. The SMILES string of the molecule is CC(=O)N[C@H](CS)C(=O)N[C@H](C)C(=O)N[C@H](CCCNC(=N)N)C(=O)O. The Morgan fingerprint density at radius 2 is 1.73 bits per heavy atom. The number of nitrogens with one attached hydrogen (secondary N) is 5. The molecule has 0 spiro atoms. The largest absolute Gasteiger partial charge is 0.480 e. The quantitative estimate of drug-likeness (QED) is 0.0847. The molecule has 0 aromatic rings. The zero-order chi connectivity index (χ0) is 20.3. The van der Waals surface area contributed by atoms with Crippen LogP contribution in [0.3, 0.4) is 0 Å². The number of rotatable bonds is 11. The normalized spacial score (nSPS) is 13.7. The van der Waals surface area contributed by atoms with Crippen molar-refractivity contribution in [3.05, 3.63) is 0 Å². The Hall–Kier alpha value is -2.50. The van der Waals surface area contributed by atoms with Gasteiger partial charge < -0.3 is 32.1 Å². The van der Waals surface area contributed by atoms with Crippen LogP contribution in [0.5, 0.6) is 0 Å². The highest BCUT2D eigenvalue weighted by molar-refractivity contribution is 7.80. The zero-order valence-corrected chi connectivity index (χ0v) is 15.6. The first-order chi connectivity index (χ1) is 12.1. The van der Waals surface area contributed by atoms with Crippen LogP contribution in [-0.2, 0) is 19.2 Å². The molecule has 26 heavy (non-hydrogen) atoms. The van der Waals surface area contributed by atoms with Gasteiger partial charge in [0.15, 0.2) is 5.96 Å². The van der Waals surface area contributed by atoms with Crippen molar-refractivity contribution < 1.29 is 24.3 Å². The van der Waals surface area contributed by atoms with Gasteiger partial charge in [0.2, 0.25) is 17.7 Å². The van der Waals surface area contributed by atoms with Crippen molar-refractivity contribution in [3.8, 4) is 0 Å². The van der Waals surface area contributed by atoms with Gasteiger partial charge >= 0.3 is 5.97 Å². The van der Waals surface area contributed by atoms with E-state index in [2.05, 4.69) is 33.9 Å².